The van der Waals surface area contributed by atoms with Gasteiger partial charge in [-0.15, -0.1) is 11.3 Å². The van der Waals surface area contributed by atoms with Crippen LogP contribution in [0, 0.1) is 0 Å². The molecule has 0 bridgehead atoms. The van der Waals surface area contributed by atoms with Gasteiger partial charge in [0.2, 0.25) is 0 Å². The summed E-state index contributed by atoms with van der Waals surface area (Å²) in [6, 6.07) is 11.5. The lowest BCUT2D eigenvalue weighted by molar-refractivity contribution is -0.136. The molecule has 2 aromatic rings. The van der Waals surface area contributed by atoms with Gasteiger partial charge in [-0.05, 0) is 28.1 Å². The molecule has 2 nitrogen and oxygen atoms in total. The van der Waals surface area contributed by atoms with Crippen molar-refractivity contribution in [3.63, 3.8) is 0 Å². The average Bonchev–Trinajstić information content (AvgIpc) is 2.81. The van der Waals surface area contributed by atoms with E-state index in [1.54, 1.807) is 11.3 Å². The first kappa shape index (κ1) is 11.6. The predicted octanol–water partition coefficient (Wildman–Crippen LogP) is 3.44. The monoisotopic (exact) mass is 244 g/mol. The summed E-state index contributed by atoms with van der Waals surface area (Å²) >= 11 is 1.61. The van der Waals surface area contributed by atoms with Crippen LogP contribution in [0.3, 0.4) is 0 Å². The van der Waals surface area contributed by atoms with Crippen molar-refractivity contribution < 1.29 is 9.90 Å². The molecule has 0 aliphatic carbocycles. The van der Waals surface area contributed by atoms with Gasteiger partial charge in [-0.1, -0.05) is 36.9 Å². The first-order valence-electron chi connectivity index (χ1n) is 5.21. The van der Waals surface area contributed by atoms with Gasteiger partial charge in [-0.2, -0.15) is 0 Å². The summed E-state index contributed by atoms with van der Waals surface area (Å²) in [5.74, 6) is -0.823. The van der Waals surface area contributed by atoms with E-state index in [4.69, 9.17) is 5.11 Å². The van der Waals surface area contributed by atoms with E-state index in [2.05, 4.69) is 6.58 Å². The van der Waals surface area contributed by atoms with Crippen LogP contribution in [-0.2, 0) is 11.2 Å². The molecule has 0 saturated carbocycles. The van der Waals surface area contributed by atoms with E-state index in [-0.39, 0.29) is 6.42 Å². The normalized spacial score (nSPS) is 10.1. The van der Waals surface area contributed by atoms with E-state index in [1.165, 1.54) is 0 Å². The van der Waals surface area contributed by atoms with E-state index in [9.17, 15) is 4.79 Å². The highest BCUT2D eigenvalue weighted by Crippen LogP contribution is 2.28. The zero-order valence-electron chi connectivity index (χ0n) is 9.22. The second kappa shape index (κ2) is 4.97. The smallest absolute Gasteiger partial charge is 0.307 e. The van der Waals surface area contributed by atoms with E-state index < -0.39 is 5.97 Å². The van der Waals surface area contributed by atoms with Crippen molar-refractivity contribution in [2.24, 2.45) is 0 Å². The molecule has 1 heterocycles. The fourth-order valence-corrected chi connectivity index (χ4v) is 2.43. The zero-order chi connectivity index (χ0) is 12.3. The summed E-state index contributed by atoms with van der Waals surface area (Å²) < 4.78 is 0. The Hall–Kier alpha value is -1.87. The molecule has 0 aliphatic rings. The third-order valence-corrected chi connectivity index (χ3v) is 3.43. The Morgan fingerprint density at radius 3 is 2.65 bits per heavy atom. The van der Waals surface area contributed by atoms with Crippen LogP contribution >= 0.6 is 11.3 Å². The lowest BCUT2D eigenvalue weighted by atomic mass is 9.98. The van der Waals surface area contributed by atoms with E-state index >= 15 is 0 Å². The van der Waals surface area contributed by atoms with Crippen molar-refractivity contribution in [3.8, 4) is 0 Å². The van der Waals surface area contributed by atoms with Gasteiger partial charge in [0.15, 0.2) is 0 Å². The molecule has 0 radical (unpaired) electrons. The number of carboxylic acid groups (broad SMARTS) is 1. The molecular formula is C14H12O2S. The highest BCUT2D eigenvalue weighted by atomic mass is 32.1. The van der Waals surface area contributed by atoms with Crippen LogP contribution in [0.4, 0.5) is 0 Å². The number of aliphatic carboxylic acids is 1. The first-order valence-corrected chi connectivity index (χ1v) is 6.09. The molecule has 2 rings (SSSR count). The van der Waals surface area contributed by atoms with Crippen molar-refractivity contribution in [2.75, 3.05) is 0 Å². The zero-order valence-corrected chi connectivity index (χ0v) is 10.0. The van der Waals surface area contributed by atoms with Gasteiger partial charge in [0, 0.05) is 4.88 Å². The van der Waals surface area contributed by atoms with Crippen LogP contribution in [0.15, 0.2) is 48.4 Å². The standard InChI is InChI=1S/C14H12O2S/c1-10(13-7-4-8-17-13)12-6-3-2-5-11(12)9-14(15)16/h2-8H,1,9H2,(H,15,16). The summed E-state index contributed by atoms with van der Waals surface area (Å²) in [4.78, 5) is 11.9. The van der Waals surface area contributed by atoms with Crippen molar-refractivity contribution in [3.05, 3.63) is 64.4 Å². The maximum atomic E-state index is 10.8. The highest BCUT2D eigenvalue weighted by molar-refractivity contribution is 7.11. The molecule has 0 saturated heterocycles. The highest BCUT2D eigenvalue weighted by Gasteiger charge is 2.10. The Labute approximate surface area is 104 Å². The fourth-order valence-electron chi connectivity index (χ4n) is 1.71. The Morgan fingerprint density at radius 2 is 2.00 bits per heavy atom. The van der Waals surface area contributed by atoms with Crippen molar-refractivity contribution >= 4 is 22.9 Å². The third-order valence-electron chi connectivity index (χ3n) is 2.50. The number of hydrogen-bond donors (Lipinski definition) is 1. The molecular weight excluding hydrogens is 232 g/mol. The summed E-state index contributed by atoms with van der Waals surface area (Å²) in [6.45, 7) is 4.05. The number of rotatable bonds is 4. The molecule has 0 amide bonds. The average molecular weight is 244 g/mol. The maximum Gasteiger partial charge on any atom is 0.307 e. The molecule has 1 aromatic heterocycles. The molecule has 17 heavy (non-hydrogen) atoms. The van der Waals surface area contributed by atoms with Gasteiger partial charge in [-0.3, -0.25) is 4.79 Å². The summed E-state index contributed by atoms with van der Waals surface area (Å²) in [5.41, 5.74) is 2.60. The van der Waals surface area contributed by atoms with Crippen LogP contribution in [0.5, 0.6) is 0 Å². The van der Waals surface area contributed by atoms with Crippen LogP contribution in [0.1, 0.15) is 16.0 Å². The SMILES string of the molecule is C=C(c1cccs1)c1ccccc1CC(=O)O. The topological polar surface area (TPSA) is 37.3 Å². The van der Waals surface area contributed by atoms with Crippen LogP contribution < -0.4 is 0 Å². The molecule has 0 aliphatic heterocycles. The number of carbonyl (C=O) groups is 1. The van der Waals surface area contributed by atoms with Crippen molar-refractivity contribution in [2.45, 2.75) is 6.42 Å². The fraction of sp³-hybridized carbons (Fsp3) is 0.0714. The van der Waals surface area contributed by atoms with E-state index in [1.807, 2.05) is 41.8 Å². The molecule has 0 unspecified atom stereocenters. The van der Waals surface area contributed by atoms with E-state index in [0.717, 1.165) is 21.6 Å². The summed E-state index contributed by atoms with van der Waals surface area (Å²) in [5, 5.41) is 10.9. The molecule has 1 N–H and O–H groups in total. The minimum atomic E-state index is -0.823. The van der Waals surface area contributed by atoms with Crippen molar-refractivity contribution in [1.82, 2.24) is 0 Å². The van der Waals surface area contributed by atoms with Gasteiger partial charge >= 0.3 is 5.97 Å². The Kier molecular flexibility index (Phi) is 3.40. The summed E-state index contributed by atoms with van der Waals surface area (Å²) in [6.07, 6.45) is 0.0283. The number of benzene rings is 1. The lowest BCUT2D eigenvalue weighted by Crippen LogP contribution is -2.03. The third kappa shape index (κ3) is 2.63. The molecule has 0 atom stereocenters. The van der Waals surface area contributed by atoms with Crippen LogP contribution in [-0.4, -0.2) is 11.1 Å². The quantitative estimate of drug-likeness (QED) is 0.894. The summed E-state index contributed by atoms with van der Waals surface area (Å²) in [7, 11) is 0. The second-order valence-corrected chi connectivity index (χ2v) is 4.63. The van der Waals surface area contributed by atoms with E-state index in [0.29, 0.717) is 0 Å². The van der Waals surface area contributed by atoms with Gasteiger partial charge in [-0.25, -0.2) is 0 Å². The minimum absolute atomic E-state index is 0.0283. The van der Waals surface area contributed by atoms with Crippen LogP contribution in [0.25, 0.3) is 5.57 Å². The molecule has 0 spiro atoms. The van der Waals surface area contributed by atoms with Gasteiger partial charge < -0.3 is 5.11 Å². The minimum Gasteiger partial charge on any atom is -0.481 e. The number of thiophene rings is 1. The van der Waals surface area contributed by atoms with Gasteiger partial charge in [0.25, 0.3) is 0 Å². The molecule has 3 heteroatoms. The number of carboxylic acids is 1. The number of hydrogen-bond acceptors (Lipinski definition) is 2. The maximum absolute atomic E-state index is 10.8. The Balaban J connectivity index is 2.38. The molecule has 86 valence electrons. The first-order chi connectivity index (χ1) is 8.18. The molecule has 1 aromatic carbocycles. The Morgan fingerprint density at radius 1 is 1.24 bits per heavy atom. The van der Waals surface area contributed by atoms with Crippen molar-refractivity contribution in [1.29, 1.82) is 0 Å². The lowest BCUT2D eigenvalue weighted by Gasteiger charge is -2.09. The Bertz CT molecular complexity index is 541. The van der Waals surface area contributed by atoms with Gasteiger partial charge in [0.05, 0.1) is 6.42 Å². The van der Waals surface area contributed by atoms with Crippen LogP contribution in [0.2, 0.25) is 0 Å². The molecule has 0 fully saturated rings. The second-order valence-electron chi connectivity index (χ2n) is 3.68. The predicted molar refractivity (Wildman–Crippen MR) is 70.2 cm³/mol. The van der Waals surface area contributed by atoms with Gasteiger partial charge in [0.1, 0.15) is 0 Å². The largest absolute Gasteiger partial charge is 0.481 e.